The number of hydrogen-bond donors (Lipinski definition) is 3. The largest absolute Gasteiger partial charge is 0.472 e. The second-order valence-electron chi connectivity index (χ2n) is 28.2. The van der Waals surface area contributed by atoms with Crippen molar-refractivity contribution in [2.24, 2.45) is 17.8 Å². The van der Waals surface area contributed by atoms with Crippen LogP contribution in [-0.4, -0.2) is 96.7 Å². The highest BCUT2D eigenvalue weighted by atomic mass is 31.2. The Morgan fingerprint density at radius 3 is 0.809 bits per heavy atom. The molecule has 3 N–H and O–H groups in total. The minimum Gasteiger partial charge on any atom is -0.462 e. The van der Waals surface area contributed by atoms with E-state index in [0.29, 0.717) is 25.7 Å². The highest BCUT2D eigenvalue weighted by Crippen LogP contribution is 2.45. The first-order valence-corrected chi connectivity index (χ1v) is 41.9. The van der Waals surface area contributed by atoms with Crippen LogP contribution in [-0.2, 0) is 65.4 Å². The third-order valence-electron chi connectivity index (χ3n) is 17.7. The number of unbranched alkanes of at least 4 members (excludes halogenated alkanes) is 40. The second kappa shape index (κ2) is 65.7. The van der Waals surface area contributed by atoms with E-state index in [-0.39, 0.29) is 25.7 Å². The Bertz CT molecular complexity index is 1840. The molecule has 3 unspecified atom stereocenters. The van der Waals surface area contributed by atoms with Crippen LogP contribution in [0.1, 0.15) is 382 Å². The summed E-state index contributed by atoms with van der Waals surface area (Å²) in [6, 6.07) is 0. The predicted octanol–water partition coefficient (Wildman–Crippen LogP) is 21.8. The van der Waals surface area contributed by atoms with Gasteiger partial charge in [-0.25, -0.2) is 9.13 Å². The fourth-order valence-electron chi connectivity index (χ4n) is 11.4. The normalized spacial score (nSPS) is 14.4. The standard InChI is InChI=1S/C75H146O17P2/c1-8-10-11-12-13-14-27-35-42-49-56-72(77)85-63-71(92-75(80)59-52-45-38-31-30-34-41-48-55-68(7)9-2)65-90-94(83,84)88-61-69(76)60-87-93(81,82)89-64-70(62-86-73(78)57-50-43-36-28-24-20-22-26-33-40-47-54-67(5)6)91-74(79)58-51-44-37-29-23-19-17-15-16-18-21-25-32-39-46-53-66(3)4/h66-71,76H,8-65H2,1-7H3,(H,81,82)(H,83,84)/t68?,69-,70-,71-/m1/s1. The fourth-order valence-corrected chi connectivity index (χ4v) is 13.0. The lowest BCUT2D eigenvalue weighted by molar-refractivity contribution is -0.161. The van der Waals surface area contributed by atoms with Crippen molar-refractivity contribution in [1.29, 1.82) is 0 Å². The number of aliphatic hydroxyl groups excluding tert-OH is 1. The summed E-state index contributed by atoms with van der Waals surface area (Å²) in [5.41, 5.74) is 0. The Labute approximate surface area is 575 Å². The van der Waals surface area contributed by atoms with Gasteiger partial charge in [-0.3, -0.25) is 37.3 Å². The van der Waals surface area contributed by atoms with Gasteiger partial charge in [-0.05, 0) is 43.4 Å². The summed E-state index contributed by atoms with van der Waals surface area (Å²) >= 11 is 0. The molecule has 6 atom stereocenters. The molecule has 0 rings (SSSR count). The van der Waals surface area contributed by atoms with Gasteiger partial charge in [0.25, 0.3) is 0 Å². The molecule has 558 valence electrons. The quantitative estimate of drug-likeness (QED) is 0.0222. The van der Waals surface area contributed by atoms with E-state index in [1.165, 1.54) is 193 Å². The number of phosphoric ester groups is 2. The van der Waals surface area contributed by atoms with Crippen LogP contribution in [0.25, 0.3) is 0 Å². The first-order chi connectivity index (χ1) is 45.3. The highest BCUT2D eigenvalue weighted by molar-refractivity contribution is 7.47. The van der Waals surface area contributed by atoms with Gasteiger partial charge >= 0.3 is 39.5 Å². The van der Waals surface area contributed by atoms with Gasteiger partial charge in [-0.1, -0.05) is 331 Å². The molecule has 0 heterocycles. The fraction of sp³-hybridized carbons (Fsp3) is 0.947. The van der Waals surface area contributed by atoms with Gasteiger partial charge in [0.2, 0.25) is 0 Å². The number of carbonyl (C=O) groups excluding carboxylic acids is 4. The van der Waals surface area contributed by atoms with Crippen molar-refractivity contribution >= 4 is 39.5 Å². The Balaban J connectivity index is 5.25. The molecule has 0 bridgehead atoms. The monoisotopic (exact) mass is 1380 g/mol. The topological polar surface area (TPSA) is 237 Å². The van der Waals surface area contributed by atoms with Crippen LogP contribution in [0.15, 0.2) is 0 Å². The third-order valence-corrected chi connectivity index (χ3v) is 19.6. The Morgan fingerprint density at radius 2 is 0.543 bits per heavy atom. The average molecular weight is 1380 g/mol. The second-order valence-corrected chi connectivity index (χ2v) is 31.1. The Kier molecular flexibility index (Phi) is 64.3. The van der Waals surface area contributed by atoms with Crippen molar-refractivity contribution in [3.8, 4) is 0 Å². The molecular weight excluding hydrogens is 1230 g/mol. The summed E-state index contributed by atoms with van der Waals surface area (Å²) in [6.45, 7) is 11.9. The van der Waals surface area contributed by atoms with Crippen molar-refractivity contribution in [2.75, 3.05) is 39.6 Å². The van der Waals surface area contributed by atoms with E-state index in [1.54, 1.807) is 0 Å². The van der Waals surface area contributed by atoms with Crippen LogP contribution in [0.4, 0.5) is 0 Å². The summed E-state index contributed by atoms with van der Waals surface area (Å²) in [5.74, 6) is 0.223. The van der Waals surface area contributed by atoms with Crippen molar-refractivity contribution in [2.45, 2.75) is 401 Å². The van der Waals surface area contributed by atoms with Crippen molar-refractivity contribution in [1.82, 2.24) is 0 Å². The van der Waals surface area contributed by atoms with Crippen LogP contribution >= 0.6 is 15.6 Å². The van der Waals surface area contributed by atoms with E-state index in [0.717, 1.165) is 108 Å². The molecule has 0 saturated carbocycles. The van der Waals surface area contributed by atoms with E-state index >= 15 is 0 Å². The number of aliphatic hydroxyl groups is 1. The van der Waals surface area contributed by atoms with Gasteiger partial charge in [0.15, 0.2) is 12.2 Å². The molecule has 0 amide bonds. The molecule has 0 saturated heterocycles. The molecule has 0 aromatic rings. The number of rotatable bonds is 73. The number of ether oxygens (including phenoxy) is 4. The molecule has 94 heavy (non-hydrogen) atoms. The summed E-state index contributed by atoms with van der Waals surface area (Å²) in [4.78, 5) is 72.8. The minimum atomic E-state index is -4.96. The van der Waals surface area contributed by atoms with E-state index < -0.39 is 97.5 Å². The minimum absolute atomic E-state index is 0.105. The average Bonchev–Trinajstić information content (AvgIpc) is 1.16. The first kappa shape index (κ1) is 92.1. The van der Waals surface area contributed by atoms with Crippen molar-refractivity contribution in [3.63, 3.8) is 0 Å². The molecule has 0 radical (unpaired) electrons. The summed E-state index contributed by atoms with van der Waals surface area (Å²) in [5, 5.41) is 10.6. The summed E-state index contributed by atoms with van der Waals surface area (Å²) in [6.07, 6.45) is 51.2. The highest BCUT2D eigenvalue weighted by Gasteiger charge is 2.30. The molecule has 0 aromatic heterocycles. The van der Waals surface area contributed by atoms with Gasteiger partial charge < -0.3 is 33.8 Å². The number of phosphoric acid groups is 2. The van der Waals surface area contributed by atoms with Crippen molar-refractivity contribution < 1.29 is 80.2 Å². The van der Waals surface area contributed by atoms with Gasteiger partial charge in [0.05, 0.1) is 26.4 Å². The number of esters is 4. The molecule has 0 aromatic carbocycles. The zero-order valence-corrected chi connectivity index (χ0v) is 63.2. The number of carbonyl (C=O) groups is 4. The van der Waals surface area contributed by atoms with Crippen LogP contribution in [0.2, 0.25) is 0 Å². The molecule has 19 heteroatoms. The van der Waals surface area contributed by atoms with E-state index in [9.17, 15) is 43.2 Å². The number of hydrogen-bond acceptors (Lipinski definition) is 15. The zero-order chi connectivity index (χ0) is 69.4. The van der Waals surface area contributed by atoms with E-state index in [4.69, 9.17) is 37.0 Å². The molecule has 0 spiro atoms. The maximum atomic E-state index is 13.1. The maximum absolute atomic E-state index is 13.1. The first-order valence-electron chi connectivity index (χ1n) is 38.9. The van der Waals surface area contributed by atoms with Crippen LogP contribution in [0.5, 0.6) is 0 Å². The smallest absolute Gasteiger partial charge is 0.462 e. The van der Waals surface area contributed by atoms with E-state index in [1.807, 2.05) is 0 Å². The molecule has 0 fully saturated rings. The molecular formula is C75H146O17P2. The van der Waals surface area contributed by atoms with Gasteiger partial charge in [0, 0.05) is 25.7 Å². The molecule has 0 aliphatic rings. The SMILES string of the molecule is CCCCCCCCCCCCC(=O)OC[C@H](COP(=O)(O)OC[C@H](O)COP(=O)(O)OC[C@@H](COC(=O)CCCCCCCCCCCCCC(C)C)OC(=O)CCCCCCCCCCCCCCCCCC(C)C)OC(=O)CCCCCCCCCCC(C)CC. The van der Waals surface area contributed by atoms with E-state index in [2.05, 4.69) is 48.5 Å². The van der Waals surface area contributed by atoms with Crippen LogP contribution in [0, 0.1) is 17.8 Å². The molecule has 0 aliphatic heterocycles. The van der Waals surface area contributed by atoms with Crippen LogP contribution < -0.4 is 0 Å². The van der Waals surface area contributed by atoms with Gasteiger partial charge in [-0.2, -0.15) is 0 Å². The molecule has 0 aliphatic carbocycles. The predicted molar refractivity (Wildman–Crippen MR) is 381 cm³/mol. The Morgan fingerprint density at radius 1 is 0.309 bits per heavy atom. The maximum Gasteiger partial charge on any atom is 0.472 e. The third kappa shape index (κ3) is 67.3. The lowest BCUT2D eigenvalue weighted by Gasteiger charge is -2.21. The zero-order valence-electron chi connectivity index (χ0n) is 61.4. The van der Waals surface area contributed by atoms with Crippen LogP contribution in [0.3, 0.4) is 0 Å². The lowest BCUT2D eigenvalue weighted by atomic mass is 9.99. The summed E-state index contributed by atoms with van der Waals surface area (Å²) in [7, 11) is -9.91. The summed E-state index contributed by atoms with van der Waals surface area (Å²) < 4.78 is 68.5. The Hall–Kier alpha value is -1.94. The lowest BCUT2D eigenvalue weighted by Crippen LogP contribution is -2.30. The van der Waals surface area contributed by atoms with Crippen molar-refractivity contribution in [3.05, 3.63) is 0 Å². The van der Waals surface area contributed by atoms with Gasteiger partial charge in [-0.15, -0.1) is 0 Å². The molecule has 17 nitrogen and oxygen atoms in total. The van der Waals surface area contributed by atoms with Gasteiger partial charge in [0.1, 0.15) is 19.3 Å².